The van der Waals surface area contributed by atoms with Gasteiger partial charge in [-0.25, -0.2) is 13.4 Å². The van der Waals surface area contributed by atoms with E-state index in [0.717, 1.165) is 6.42 Å². The predicted octanol–water partition coefficient (Wildman–Crippen LogP) is 2.59. The van der Waals surface area contributed by atoms with Gasteiger partial charge in [0.25, 0.3) is 0 Å². The molecule has 1 aromatic heterocycles. The van der Waals surface area contributed by atoms with E-state index < -0.39 is 10.0 Å². The first kappa shape index (κ1) is 16.2. The van der Waals surface area contributed by atoms with Crippen molar-refractivity contribution >= 4 is 27.4 Å². The number of aromatic nitrogens is 1. The Hall–Kier alpha value is -0.850. The van der Waals surface area contributed by atoms with Gasteiger partial charge in [0, 0.05) is 25.8 Å². The van der Waals surface area contributed by atoms with Crippen LogP contribution >= 0.6 is 11.6 Å². The summed E-state index contributed by atoms with van der Waals surface area (Å²) in [5, 5.41) is 3.09. The zero-order valence-electron chi connectivity index (χ0n) is 11.6. The summed E-state index contributed by atoms with van der Waals surface area (Å²) in [6, 6.07) is 1.37. The van der Waals surface area contributed by atoms with Crippen LogP contribution in [-0.4, -0.2) is 37.3 Å². The molecule has 0 aromatic carbocycles. The van der Waals surface area contributed by atoms with Gasteiger partial charge < -0.3 is 5.32 Å². The van der Waals surface area contributed by atoms with Gasteiger partial charge in [-0.1, -0.05) is 25.4 Å². The van der Waals surface area contributed by atoms with Crippen molar-refractivity contribution < 1.29 is 8.42 Å². The second-order valence-electron chi connectivity index (χ2n) is 4.22. The Balaban J connectivity index is 3.22. The minimum Gasteiger partial charge on any atom is -0.372 e. The number of nitrogens with one attached hydrogen (secondary N) is 1. The first-order valence-corrected chi connectivity index (χ1v) is 8.05. The molecule has 19 heavy (non-hydrogen) atoms. The van der Waals surface area contributed by atoms with Gasteiger partial charge in [0.15, 0.2) is 0 Å². The van der Waals surface area contributed by atoms with Crippen LogP contribution < -0.4 is 5.32 Å². The zero-order chi connectivity index (χ0) is 14.6. The van der Waals surface area contributed by atoms with Crippen molar-refractivity contribution in [3.63, 3.8) is 0 Å². The largest absolute Gasteiger partial charge is 0.372 e. The quantitative estimate of drug-likeness (QED) is 0.877. The first-order valence-electron chi connectivity index (χ1n) is 6.23. The van der Waals surface area contributed by atoms with E-state index in [-0.39, 0.29) is 10.9 Å². The van der Waals surface area contributed by atoms with Gasteiger partial charge in [0.05, 0.1) is 5.02 Å². The summed E-state index contributed by atoms with van der Waals surface area (Å²) in [6.07, 6.45) is 2.08. The topological polar surface area (TPSA) is 62.3 Å². The van der Waals surface area contributed by atoms with E-state index in [1.165, 1.54) is 16.6 Å². The predicted molar refractivity (Wildman–Crippen MR) is 78.1 cm³/mol. The van der Waals surface area contributed by atoms with Crippen LogP contribution in [0.3, 0.4) is 0 Å². The summed E-state index contributed by atoms with van der Waals surface area (Å²) < 4.78 is 26.5. The van der Waals surface area contributed by atoms with E-state index >= 15 is 0 Å². The van der Waals surface area contributed by atoms with E-state index in [0.29, 0.717) is 17.4 Å². The van der Waals surface area contributed by atoms with Gasteiger partial charge in [0.2, 0.25) is 10.0 Å². The lowest BCUT2D eigenvalue weighted by Gasteiger charge is -2.26. The van der Waals surface area contributed by atoms with Crippen LogP contribution in [0.4, 0.5) is 5.82 Å². The number of halogens is 1. The van der Waals surface area contributed by atoms with E-state index in [4.69, 9.17) is 11.6 Å². The molecule has 0 aliphatic heterocycles. The fourth-order valence-corrected chi connectivity index (χ4v) is 3.81. The van der Waals surface area contributed by atoms with Crippen molar-refractivity contribution in [3.8, 4) is 0 Å². The molecule has 0 spiro atoms. The summed E-state index contributed by atoms with van der Waals surface area (Å²) in [5.74, 6) is 0.465. The number of hydrogen-bond acceptors (Lipinski definition) is 4. The van der Waals surface area contributed by atoms with Crippen LogP contribution in [0.5, 0.6) is 0 Å². The zero-order valence-corrected chi connectivity index (χ0v) is 13.2. The van der Waals surface area contributed by atoms with Crippen molar-refractivity contribution in [2.75, 3.05) is 18.9 Å². The third-order valence-electron chi connectivity index (χ3n) is 3.05. The molecule has 0 bridgehead atoms. The fraction of sp³-hybridized carbons (Fsp3) is 0.583. The molecule has 0 fully saturated rings. The highest BCUT2D eigenvalue weighted by molar-refractivity contribution is 7.89. The molecule has 0 saturated carbocycles. The van der Waals surface area contributed by atoms with Gasteiger partial charge in [-0.3, -0.25) is 0 Å². The van der Waals surface area contributed by atoms with Crippen LogP contribution in [0, 0.1) is 0 Å². The smallest absolute Gasteiger partial charge is 0.244 e. The van der Waals surface area contributed by atoms with Gasteiger partial charge >= 0.3 is 0 Å². The Labute approximate surface area is 120 Å². The Morgan fingerprint density at radius 3 is 2.53 bits per heavy atom. The monoisotopic (exact) mass is 305 g/mol. The molecule has 1 N–H and O–H groups in total. The van der Waals surface area contributed by atoms with E-state index in [1.54, 1.807) is 7.05 Å². The molecular formula is C12H20ClN3O2S. The summed E-state index contributed by atoms with van der Waals surface area (Å²) in [6.45, 7) is 6.08. The normalized spacial score (nSPS) is 13.6. The van der Waals surface area contributed by atoms with E-state index in [2.05, 4.69) is 10.3 Å². The third-order valence-corrected chi connectivity index (χ3v) is 5.40. The third kappa shape index (κ3) is 3.38. The highest BCUT2D eigenvalue weighted by atomic mass is 35.5. The van der Waals surface area contributed by atoms with Gasteiger partial charge in [-0.15, -0.1) is 0 Å². The molecule has 1 aromatic rings. The average molecular weight is 306 g/mol. The fourth-order valence-electron chi connectivity index (χ4n) is 1.80. The average Bonchev–Trinajstić information content (AvgIpc) is 2.38. The molecule has 1 unspecified atom stereocenters. The molecule has 0 aliphatic carbocycles. The van der Waals surface area contributed by atoms with Crippen molar-refractivity contribution in [1.29, 1.82) is 0 Å². The maximum absolute atomic E-state index is 12.5. The second kappa shape index (κ2) is 6.54. The molecule has 108 valence electrons. The summed E-state index contributed by atoms with van der Waals surface area (Å²) in [4.78, 5) is 4.14. The molecule has 7 heteroatoms. The lowest BCUT2D eigenvalue weighted by atomic mass is 10.3. The maximum atomic E-state index is 12.5. The number of rotatable bonds is 6. The van der Waals surface area contributed by atoms with Crippen molar-refractivity contribution in [2.24, 2.45) is 0 Å². The first-order chi connectivity index (χ1) is 8.88. The Kier molecular flexibility index (Phi) is 5.58. The number of anilines is 1. The molecule has 5 nitrogen and oxygen atoms in total. The van der Waals surface area contributed by atoms with Crippen LogP contribution in [0.1, 0.15) is 27.2 Å². The second-order valence-corrected chi connectivity index (χ2v) is 6.51. The lowest BCUT2D eigenvalue weighted by molar-refractivity contribution is 0.342. The van der Waals surface area contributed by atoms with Crippen LogP contribution in [0.25, 0.3) is 0 Å². The minimum absolute atomic E-state index is 0.0576. The number of pyridine rings is 1. The highest BCUT2D eigenvalue weighted by Gasteiger charge is 2.27. The number of sulfonamides is 1. The molecule has 1 rings (SSSR count). The standard InChI is InChI=1S/C12H20ClN3O2S/c1-5-9(3)16(6-2)19(17,18)10-7-11(13)12(14-4)15-8-10/h7-9H,5-6H2,1-4H3,(H,14,15). The lowest BCUT2D eigenvalue weighted by Crippen LogP contribution is -2.38. The van der Waals surface area contributed by atoms with Gasteiger partial charge in [-0.05, 0) is 19.4 Å². The van der Waals surface area contributed by atoms with E-state index in [9.17, 15) is 8.42 Å². The SMILES string of the molecule is CCC(C)N(CC)S(=O)(=O)c1cnc(NC)c(Cl)c1. The van der Waals surface area contributed by atoms with Crippen molar-refractivity contribution in [3.05, 3.63) is 17.3 Å². The number of hydrogen-bond donors (Lipinski definition) is 1. The molecule has 0 saturated heterocycles. The number of nitrogens with zero attached hydrogens (tertiary/aromatic N) is 2. The molecule has 1 heterocycles. The Morgan fingerprint density at radius 2 is 2.11 bits per heavy atom. The highest BCUT2D eigenvalue weighted by Crippen LogP contribution is 2.25. The Bertz CT molecular complexity index is 534. The molecule has 0 radical (unpaired) electrons. The van der Waals surface area contributed by atoms with E-state index in [1.807, 2.05) is 20.8 Å². The van der Waals surface area contributed by atoms with Crippen LogP contribution in [0.15, 0.2) is 17.2 Å². The molecular weight excluding hydrogens is 286 g/mol. The van der Waals surface area contributed by atoms with Gasteiger partial charge in [0.1, 0.15) is 10.7 Å². The summed E-state index contributed by atoms with van der Waals surface area (Å²) >= 11 is 5.99. The summed E-state index contributed by atoms with van der Waals surface area (Å²) in [7, 11) is -1.87. The minimum atomic E-state index is -3.55. The summed E-state index contributed by atoms with van der Waals surface area (Å²) in [5.41, 5.74) is 0. The van der Waals surface area contributed by atoms with Crippen molar-refractivity contribution in [1.82, 2.24) is 9.29 Å². The molecule has 0 amide bonds. The maximum Gasteiger partial charge on any atom is 0.244 e. The van der Waals surface area contributed by atoms with Gasteiger partial charge in [-0.2, -0.15) is 4.31 Å². The molecule has 0 aliphatic rings. The Morgan fingerprint density at radius 1 is 1.47 bits per heavy atom. The van der Waals surface area contributed by atoms with Crippen molar-refractivity contribution in [2.45, 2.75) is 38.1 Å². The van der Waals surface area contributed by atoms with Crippen LogP contribution in [-0.2, 0) is 10.0 Å². The van der Waals surface area contributed by atoms with Crippen LogP contribution in [0.2, 0.25) is 5.02 Å². The molecule has 1 atom stereocenters.